The number of hydrogen-bond donors (Lipinski definition) is 1. The topological polar surface area (TPSA) is 81.2 Å². The van der Waals surface area contributed by atoms with Crippen LogP contribution < -0.4 is 5.73 Å². The minimum absolute atomic E-state index is 0.132. The Morgan fingerprint density at radius 1 is 1.33 bits per heavy atom. The van der Waals surface area contributed by atoms with Crippen molar-refractivity contribution in [3.05, 3.63) is 52.3 Å². The molecule has 6 nitrogen and oxygen atoms in total. The van der Waals surface area contributed by atoms with Gasteiger partial charge in [0.2, 0.25) is 5.91 Å². The number of halogens is 1. The van der Waals surface area contributed by atoms with Crippen LogP contribution in [0, 0.1) is 12.8 Å². The number of aryl methyl sites for hydroxylation is 2. The fourth-order valence-electron chi connectivity index (χ4n) is 3.22. The largest absolute Gasteiger partial charge is 0.369 e. The molecule has 1 aromatic carbocycles. The van der Waals surface area contributed by atoms with Gasteiger partial charge in [0.25, 0.3) is 5.91 Å². The SMILES string of the molecule is Cc1ccc(Cl)cc1C(=O)N1C[C@H](C(N)=O)[C@@H](c2cnn(C)c2)C1. The van der Waals surface area contributed by atoms with Gasteiger partial charge in [0.05, 0.1) is 12.1 Å². The van der Waals surface area contributed by atoms with Crippen LogP contribution in [-0.2, 0) is 11.8 Å². The number of carbonyl (C=O) groups excluding carboxylic acids is 2. The van der Waals surface area contributed by atoms with E-state index in [0.717, 1.165) is 11.1 Å². The fraction of sp³-hybridized carbons (Fsp3) is 0.353. The molecule has 2 atom stereocenters. The predicted octanol–water partition coefficient (Wildman–Crippen LogP) is 1.72. The van der Waals surface area contributed by atoms with E-state index in [2.05, 4.69) is 5.10 Å². The van der Waals surface area contributed by atoms with Gasteiger partial charge in [-0.25, -0.2) is 0 Å². The third kappa shape index (κ3) is 3.01. The molecule has 7 heteroatoms. The highest BCUT2D eigenvalue weighted by atomic mass is 35.5. The molecule has 2 amide bonds. The first-order valence-corrected chi connectivity index (χ1v) is 8.08. The molecular weight excluding hydrogens is 328 g/mol. The number of nitrogens with two attached hydrogens (primary N) is 1. The first kappa shape index (κ1) is 16.5. The number of rotatable bonds is 3. The molecule has 1 saturated heterocycles. The molecular formula is C17H19ClN4O2. The summed E-state index contributed by atoms with van der Waals surface area (Å²) in [5.41, 5.74) is 7.88. The molecule has 2 N–H and O–H groups in total. The normalized spacial score (nSPS) is 20.4. The van der Waals surface area contributed by atoms with Crippen molar-refractivity contribution in [3.8, 4) is 0 Å². The Labute approximate surface area is 145 Å². The Hall–Kier alpha value is -2.34. The summed E-state index contributed by atoms with van der Waals surface area (Å²) in [4.78, 5) is 26.4. The average molecular weight is 347 g/mol. The van der Waals surface area contributed by atoms with Gasteiger partial charge in [-0.1, -0.05) is 17.7 Å². The summed E-state index contributed by atoms with van der Waals surface area (Å²) >= 11 is 6.02. The van der Waals surface area contributed by atoms with Gasteiger partial charge in [-0.2, -0.15) is 5.10 Å². The third-order valence-corrected chi connectivity index (χ3v) is 4.79. The minimum atomic E-state index is -0.419. The Morgan fingerprint density at radius 2 is 2.08 bits per heavy atom. The average Bonchev–Trinajstić information content (AvgIpc) is 3.15. The number of nitrogens with zero attached hydrogens (tertiary/aromatic N) is 3. The van der Waals surface area contributed by atoms with Gasteiger partial charge < -0.3 is 10.6 Å². The Balaban J connectivity index is 1.89. The summed E-state index contributed by atoms with van der Waals surface area (Å²) in [7, 11) is 1.82. The molecule has 24 heavy (non-hydrogen) atoms. The van der Waals surface area contributed by atoms with Gasteiger partial charge in [0, 0.05) is 42.8 Å². The van der Waals surface area contributed by atoms with Gasteiger partial charge in [-0.15, -0.1) is 0 Å². The molecule has 126 valence electrons. The fourth-order valence-corrected chi connectivity index (χ4v) is 3.39. The van der Waals surface area contributed by atoms with Gasteiger partial charge in [-0.3, -0.25) is 14.3 Å². The van der Waals surface area contributed by atoms with E-state index in [9.17, 15) is 9.59 Å². The van der Waals surface area contributed by atoms with Crippen LogP contribution in [0.1, 0.15) is 27.4 Å². The van der Waals surface area contributed by atoms with Gasteiger partial charge in [0.1, 0.15) is 0 Å². The van der Waals surface area contributed by atoms with Crippen LogP contribution in [0.5, 0.6) is 0 Å². The van der Waals surface area contributed by atoms with Gasteiger partial charge >= 0.3 is 0 Å². The molecule has 0 spiro atoms. The monoisotopic (exact) mass is 346 g/mol. The zero-order chi connectivity index (χ0) is 17.4. The number of hydrogen-bond acceptors (Lipinski definition) is 3. The molecule has 2 aromatic rings. The number of aromatic nitrogens is 2. The molecule has 0 aliphatic carbocycles. The first-order valence-electron chi connectivity index (χ1n) is 7.70. The van der Waals surface area contributed by atoms with Crippen molar-refractivity contribution < 1.29 is 9.59 Å². The first-order chi connectivity index (χ1) is 11.4. The van der Waals surface area contributed by atoms with Crippen molar-refractivity contribution in [2.75, 3.05) is 13.1 Å². The number of primary amides is 1. The molecule has 0 radical (unpaired) electrons. The summed E-state index contributed by atoms with van der Waals surface area (Å²) in [6.07, 6.45) is 3.58. The second kappa shape index (κ2) is 6.28. The quantitative estimate of drug-likeness (QED) is 0.918. The number of likely N-dealkylation sites (tertiary alicyclic amines) is 1. The van der Waals surface area contributed by atoms with E-state index >= 15 is 0 Å². The molecule has 0 unspecified atom stereocenters. The molecule has 1 fully saturated rings. The van der Waals surface area contributed by atoms with Crippen LogP contribution in [0.25, 0.3) is 0 Å². The third-order valence-electron chi connectivity index (χ3n) is 4.56. The lowest BCUT2D eigenvalue weighted by atomic mass is 9.90. The van der Waals surface area contributed by atoms with Crippen molar-refractivity contribution in [1.29, 1.82) is 0 Å². The van der Waals surface area contributed by atoms with E-state index in [1.807, 2.05) is 26.2 Å². The van der Waals surface area contributed by atoms with Crippen LogP contribution in [0.4, 0.5) is 0 Å². The smallest absolute Gasteiger partial charge is 0.254 e. The van der Waals surface area contributed by atoms with Crippen LogP contribution in [0.3, 0.4) is 0 Å². The maximum Gasteiger partial charge on any atom is 0.254 e. The van der Waals surface area contributed by atoms with Crippen molar-refractivity contribution in [2.24, 2.45) is 18.7 Å². The maximum atomic E-state index is 12.9. The summed E-state index contributed by atoms with van der Waals surface area (Å²) < 4.78 is 1.68. The summed E-state index contributed by atoms with van der Waals surface area (Å²) in [5.74, 6) is -1.09. The standard InChI is InChI=1S/C17H19ClN4O2/c1-10-3-4-12(18)5-13(10)17(24)22-8-14(15(9-22)16(19)23)11-6-20-21(2)7-11/h3-7,14-15H,8-9H2,1-2H3,(H2,19,23)/t14-,15+/m1/s1. The Bertz CT molecular complexity index is 802. The lowest BCUT2D eigenvalue weighted by Gasteiger charge is -2.17. The van der Waals surface area contributed by atoms with E-state index in [-0.39, 0.29) is 11.8 Å². The molecule has 2 heterocycles. The van der Waals surface area contributed by atoms with Gasteiger partial charge in [-0.05, 0) is 30.2 Å². The molecule has 0 saturated carbocycles. The highest BCUT2D eigenvalue weighted by Crippen LogP contribution is 2.33. The van der Waals surface area contributed by atoms with Crippen molar-refractivity contribution in [3.63, 3.8) is 0 Å². The molecule has 3 rings (SSSR count). The highest BCUT2D eigenvalue weighted by Gasteiger charge is 2.40. The second-order valence-corrected chi connectivity index (χ2v) is 6.67. The molecule has 0 bridgehead atoms. The lowest BCUT2D eigenvalue weighted by molar-refractivity contribution is -0.121. The lowest BCUT2D eigenvalue weighted by Crippen LogP contribution is -2.32. The molecule has 1 aromatic heterocycles. The van der Waals surface area contributed by atoms with Crippen molar-refractivity contribution >= 4 is 23.4 Å². The zero-order valence-electron chi connectivity index (χ0n) is 13.6. The Kier molecular flexibility index (Phi) is 4.32. The van der Waals surface area contributed by atoms with Crippen molar-refractivity contribution in [1.82, 2.24) is 14.7 Å². The van der Waals surface area contributed by atoms with Crippen molar-refractivity contribution in [2.45, 2.75) is 12.8 Å². The summed E-state index contributed by atoms with van der Waals surface area (Å²) in [5, 5.41) is 4.66. The van der Waals surface area contributed by atoms with Crippen LogP contribution in [-0.4, -0.2) is 39.6 Å². The second-order valence-electron chi connectivity index (χ2n) is 6.23. The molecule has 1 aliphatic rings. The van der Waals surface area contributed by atoms with E-state index in [1.165, 1.54) is 0 Å². The number of amides is 2. The van der Waals surface area contributed by atoms with Crippen LogP contribution in [0.15, 0.2) is 30.6 Å². The highest BCUT2D eigenvalue weighted by molar-refractivity contribution is 6.31. The maximum absolute atomic E-state index is 12.9. The van der Waals surface area contributed by atoms with E-state index < -0.39 is 11.8 Å². The minimum Gasteiger partial charge on any atom is -0.369 e. The zero-order valence-corrected chi connectivity index (χ0v) is 14.3. The van der Waals surface area contributed by atoms with E-state index in [1.54, 1.807) is 27.9 Å². The van der Waals surface area contributed by atoms with E-state index in [4.69, 9.17) is 17.3 Å². The number of benzene rings is 1. The predicted molar refractivity (Wildman–Crippen MR) is 90.7 cm³/mol. The van der Waals surface area contributed by atoms with E-state index in [0.29, 0.717) is 23.7 Å². The molecule has 1 aliphatic heterocycles. The van der Waals surface area contributed by atoms with Gasteiger partial charge in [0.15, 0.2) is 0 Å². The van der Waals surface area contributed by atoms with Crippen LogP contribution >= 0.6 is 11.6 Å². The number of carbonyl (C=O) groups is 2. The van der Waals surface area contributed by atoms with Crippen LogP contribution in [0.2, 0.25) is 5.02 Å². The summed E-state index contributed by atoms with van der Waals surface area (Å²) in [6, 6.07) is 5.23. The Morgan fingerprint density at radius 3 is 2.71 bits per heavy atom. The summed E-state index contributed by atoms with van der Waals surface area (Å²) in [6.45, 7) is 2.60.